The van der Waals surface area contributed by atoms with Gasteiger partial charge in [0.15, 0.2) is 0 Å². The van der Waals surface area contributed by atoms with E-state index in [1.54, 1.807) is 0 Å². The fourth-order valence-corrected chi connectivity index (χ4v) is 2.59. The minimum atomic E-state index is 1.04. The average Bonchev–Trinajstić information content (AvgIpc) is 2.39. The van der Waals surface area contributed by atoms with Gasteiger partial charge in [0, 0.05) is 38.4 Å². The Balaban J connectivity index is 1.84. The number of nitrogens with zero attached hydrogens (tertiary/aromatic N) is 1. The van der Waals surface area contributed by atoms with Crippen molar-refractivity contribution >= 4 is 5.69 Å². The van der Waals surface area contributed by atoms with Gasteiger partial charge in [-0.05, 0) is 36.2 Å². The first-order valence-electron chi connectivity index (χ1n) is 6.22. The molecule has 1 fully saturated rings. The lowest BCUT2D eigenvalue weighted by Gasteiger charge is -2.30. The maximum atomic E-state index is 3.44. The van der Waals surface area contributed by atoms with Gasteiger partial charge in [-0.25, -0.2) is 0 Å². The smallest absolute Gasteiger partial charge is 0.0370 e. The molecule has 1 aromatic rings. The first-order chi connectivity index (χ1) is 7.93. The van der Waals surface area contributed by atoms with Crippen LogP contribution in [0.4, 0.5) is 5.69 Å². The molecule has 2 N–H and O–H groups in total. The molecule has 0 amide bonds. The summed E-state index contributed by atoms with van der Waals surface area (Å²) in [5.74, 6) is 0. The number of nitrogens with one attached hydrogen (secondary N) is 2. The zero-order valence-corrected chi connectivity index (χ0v) is 9.63. The molecule has 3 rings (SSSR count). The maximum absolute atomic E-state index is 3.44. The highest BCUT2D eigenvalue weighted by Gasteiger charge is 2.13. The van der Waals surface area contributed by atoms with Crippen molar-refractivity contribution in [2.24, 2.45) is 0 Å². The van der Waals surface area contributed by atoms with Gasteiger partial charge in [-0.2, -0.15) is 0 Å². The third kappa shape index (κ3) is 1.93. The number of piperazine rings is 1. The Morgan fingerprint density at radius 2 is 1.81 bits per heavy atom. The minimum Gasteiger partial charge on any atom is -0.369 e. The summed E-state index contributed by atoms with van der Waals surface area (Å²) in [6.07, 6.45) is 1.18. The molecule has 1 aromatic carbocycles. The van der Waals surface area contributed by atoms with Crippen molar-refractivity contribution in [3.8, 4) is 0 Å². The lowest BCUT2D eigenvalue weighted by atomic mass is 10.00. The molecule has 16 heavy (non-hydrogen) atoms. The molecule has 0 bridgehead atoms. The van der Waals surface area contributed by atoms with Crippen LogP contribution in [0.15, 0.2) is 18.2 Å². The van der Waals surface area contributed by atoms with E-state index >= 15 is 0 Å². The van der Waals surface area contributed by atoms with Crippen molar-refractivity contribution in [1.82, 2.24) is 10.6 Å². The number of hydrogen-bond acceptors (Lipinski definition) is 3. The molecule has 0 aromatic heterocycles. The molecule has 2 aliphatic rings. The first-order valence-corrected chi connectivity index (χ1v) is 6.22. The molecule has 0 atom stereocenters. The predicted octanol–water partition coefficient (Wildman–Crippen LogP) is 0.742. The summed E-state index contributed by atoms with van der Waals surface area (Å²) >= 11 is 0. The summed E-state index contributed by atoms with van der Waals surface area (Å²) in [5.41, 5.74) is 4.41. The fourth-order valence-electron chi connectivity index (χ4n) is 2.59. The van der Waals surface area contributed by atoms with E-state index in [0.717, 1.165) is 39.3 Å². The maximum Gasteiger partial charge on any atom is 0.0370 e. The Morgan fingerprint density at radius 3 is 2.69 bits per heavy atom. The quantitative estimate of drug-likeness (QED) is 0.726. The van der Waals surface area contributed by atoms with Crippen LogP contribution in [0.5, 0.6) is 0 Å². The molecule has 1 saturated heterocycles. The SMILES string of the molecule is c1cc2c(cc1N1CCNCC1)CNCC2. The molecule has 2 heterocycles. The highest BCUT2D eigenvalue weighted by Crippen LogP contribution is 2.22. The van der Waals surface area contributed by atoms with Crippen LogP contribution in [-0.2, 0) is 13.0 Å². The molecule has 0 radical (unpaired) electrons. The normalized spacial score (nSPS) is 20.6. The molecule has 0 saturated carbocycles. The van der Waals surface area contributed by atoms with Gasteiger partial charge in [0.1, 0.15) is 0 Å². The number of fused-ring (bicyclic) bond motifs is 1. The van der Waals surface area contributed by atoms with Gasteiger partial charge in [-0.3, -0.25) is 0 Å². The van der Waals surface area contributed by atoms with Crippen LogP contribution in [0, 0.1) is 0 Å². The van der Waals surface area contributed by atoms with Gasteiger partial charge < -0.3 is 15.5 Å². The van der Waals surface area contributed by atoms with E-state index in [1.807, 2.05) is 0 Å². The van der Waals surface area contributed by atoms with E-state index in [0.29, 0.717) is 0 Å². The fraction of sp³-hybridized carbons (Fsp3) is 0.538. The largest absolute Gasteiger partial charge is 0.369 e. The van der Waals surface area contributed by atoms with Gasteiger partial charge in [-0.15, -0.1) is 0 Å². The zero-order valence-electron chi connectivity index (χ0n) is 9.63. The lowest BCUT2D eigenvalue weighted by molar-refractivity contribution is 0.588. The van der Waals surface area contributed by atoms with Gasteiger partial charge in [0.2, 0.25) is 0 Å². The predicted molar refractivity (Wildman–Crippen MR) is 66.9 cm³/mol. The Kier molecular flexibility index (Phi) is 2.80. The second kappa shape index (κ2) is 4.44. The van der Waals surface area contributed by atoms with Crippen molar-refractivity contribution in [3.63, 3.8) is 0 Å². The van der Waals surface area contributed by atoms with Crippen LogP contribution in [0.2, 0.25) is 0 Å². The number of rotatable bonds is 1. The average molecular weight is 217 g/mol. The standard InChI is InChI=1S/C13H19N3/c1-2-13(16-7-5-14-6-8-16)9-12-10-15-4-3-11(1)12/h1-2,9,14-15H,3-8,10H2. The van der Waals surface area contributed by atoms with Crippen molar-refractivity contribution in [3.05, 3.63) is 29.3 Å². The lowest BCUT2D eigenvalue weighted by Crippen LogP contribution is -2.43. The molecule has 0 aliphatic carbocycles. The summed E-state index contributed by atoms with van der Waals surface area (Å²) in [5, 5.41) is 6.83. The number of anilines is 1. The minimum absolute atomic E-state index is 1.04. The molecule has 3 nitrogen and oxygen atoms in total. The van der Waals surface area contributed by atoms with E-state index in [2.05, 4.69) is 33.7 Å². The topological polar surface area (TPSA) is 27.3 Å². The van der Waals surface area contributed by atoms with Crippen LogP contribution in [0.3, 0.4) is 0 Å². The first kappa shape index (κ1) is 10.1. The molecular formula is C13H19N3. The van der Waals surface area contributed by atoms with E-state index in [9.17, 15) is 0 Å². The number of hydrogen-bond donors (Lipinski definition) is 2. The summed E-state index contributed by atoms with van der Waals surface area (Å²) in [6, 6.07) is 6.97. The van der Waals surface area contributed by atoms with Crippen LogP contribution >= 0.6 is 0 Å². The molecule has 86 valence electrons. The monoisotopic (exact) mass is 217 g/mol. The Labute approximate surface area is 96.8 Å². The van der Waals surface area contributed by atoms with E-state index in [1.165, 1.54) is 23.2 Å². The van der Waals surface area contributed by atoms with E-state index in [-0.39, 0.29) is 0 Å². The summed E-state index contributed by atoms with van der Waals surface area (Å²) in [6.45, 7) is 6.64. The summed E-state index contributed by atoms with van der Waals surface area (Å²) < 4.78 is 0. The van der Waals surface area contributed by atoms with Crippen molar-refractivity contribution < 1.29 is 0 Å². The third-order valence-electron chi connectivity index (χ3n) is 3.56. The van der Waals surface area contributed by atoms with Crippen LogP contribution in [0.25, 0.3) is 0 Å². The van der Waals surface area contributed by atoms with E-state index in [4.69, 9.17) is 0 Å². The van der Waals surface area contributed by atoms with Crippen molar-refractivity contribution in [1.29, 1.82) is 0 Å². The summed E-state index contributed by atoms with van der Waals surface area (Å²) in [4.78, 5) is 2.48. The van der Waals surface area contributed by atoms with Crippen LogP contribution < -0.4 is 15.5 Å². The Bertz CT molecular complexity index is 369. The summed E-state index contributed by atoms with van der Waals surface area (Å²) in [7, 11) is 0. The third-order valence-corrected chi connectivity index (χ3v) is 3.56. The molecule has 0 spiro atoms. The van der Waals surface area contributed by atoms with Gasteiger partial charge in [0.25, 0.3) is 0 Å². The van der Waals surface area contributed by atoms with Gasteiger partial charge in [-0.1, -0.05) is 6.07 Å². The molecule has 2 aliphatic heterocycles. The molecule has 3 heteroatoms. The van der Waals surface area contributed by atoms with Gasteiger partial charge in [0.05, 0.1) is 0 Å². The molecule has 0 unspecified atom stereocenters. The Morgan fingerprint density at radius 1 is 0.938 bits per heavy atom. The van der Waals surface area contributed by atoms with Crippen molar-refractivity contribution in [2.45, 2.75) is 13.0 Å². The zero-order chi connectivity index (χ0) is 10.8. The van der Waals surface area contributed by atoms with Crippen molar-refractivity contribution in [2.75, 3.05) is 37.6 Å². The highest BCUT2D eigenvalue weighted by molar-refractivity contribution is 5.52. The second-order valence-corrected chi connectivity index (χ2v) is 4.62. The van der Waals surface area contributed by atoms with Gasteiger partial charge >= 0.3 is 0 Å². The highest BCUT2D eigenvalue weighted by atomic mass is 15.2. The Hall–Kier alpha value is -1.06. The molecular weight excluding hydrogens is 198 g/mol. The second-order valence-electron chi connectivity index (χ2n) is 4.62. The van der Waals surface area contributed by atoms with Crippen LogP contribution in [0.1, 0.15) is 11.1 Å². The number of benzene rings is 1. The van der Waals surface area contributed by atoms with E-state index < -0.39 is 0 Å². The van der Waals surface area contributed by atoms with Crippen LogP contribution in [-0.4, -0.2) is 32.7 Å².